The molecule has 0 fully saturated rings. The summed E-state index contributed by atoms with van der Waals surface area (Å²) in [6, 6.07) is 4.58. The number of halogens is 3. The third-order valence-electron chi connectivity index (χ3n) is 3.11. The van der Waals surface area contributed by atoms with E-state index in [-0.39, 0.29) is 11.1 Å². The Morgan fingerprint density at radius 2 is 2.05 bits per heavy atom. The van der Waals surface area contributed by atoms with Gasteiger partial charge in [-0.05, 0) is 19.5 Å². The zero-order chi connectivity index (χ0) is 14.7. The summed E-state index contributed by atoms with van der Waals surface area (Å²) in [4.78, 5) is 0. The van der Waals surface area contributed by atoms with Crippen LogP contribution >= 0.6 is 23.2 Å². The normalized spacial score (nSPS) is 12.7. The summed E-state index contributed by atoms with van der Waals surface area (Å²) in [6.45, 7) is 5.24. The number of hydrogen-bond donors (Lipinski definition) is 1. The molecule has 0 amide bonds. The van der Waals surface area contributed by atoms with Gasteiger partial charge in [0.25, 0.3) is 0 Å². The van der Waals surface area contributed by atoms with Crippen molar-refractivity contribution in [3.63, 3.8) is 0 Å². The molecule has 0 bridgehead atoms. The maximum atomic E-state index is 14.3. The van der Waals surface area contributed by atoms with Crippen molar-refractivity contribution in [2.75, 3.05) is 6.54 Å². The Hall–Kier alpha value is -1.10. The predicted molar refractivity (Wildman–Crippen MR) is 79.8 cm³/mol. The number of benzene rings is 1. The maximum Gasteiger partial charge on any atom is 0.146 e. The second-order valence-electron chi connectivity index (χ2n) is 4.33. The lowest BCUT2D eigenvalue weighted by Crippen LogP contribution is -2.26. The van der Waals surface area contributed by atoms with E-state index in [1.165, 1.54) is 6.07 Å². The van der Waals surface area contributed by atoms with Gasteiger partial charge in [-0.1, -0.05) is 42.3 Å². The summed E-state index contributed by atoms with van der Waals surface area (Å²) in [5.41, 5.74) is 1.22. The number of aromatic nitrogens is 2. The van der Waals surface area contributed by atoms with E-state index in [1.807, 2.05) is 13.8 Å². The van der Waals surface area contributed by atoms with Crippen LogP contribution in [0.15, 0.2) is 24.4 Å². The van der Waals surface area contributed by atoms with E-state index in [0.29, 0.717) is 23.7 Å². The zero-order valence-corrected chi connectivity index (χ0v) is 12.8. The highest BCUT2D eigenvalue weighted by Crippen LogP contribution is 2.31. The summed E-state index contributed by atoms with van der Waals surface area (Å²) in [6.07, 6.45) is 1.58. The van der Waals surface area contributed by atoms with Gasteiger partial charge in [0.1, 0.15) is 5.82 Å². The van der Waals surface area contributed by atoms with Gasteiger partial charge in [-0.2, -0.15) is 5.10 Å². The minimum atomic E-state index is -0.431. The molecule has 20 heavy (non-hydrogen) atoms. The number of nitrogens with zero attached hydrogens (tertiary/aromatic N) is 2. The number of rotatable bonds is 5. The quantitative estimate of drug-likeness (QED) is 0.902. The SMILES string of the molecule is CCNC(c1cccc(Cl)c1F)c1c(Cl)cnn1CC. The second-order valence-corrected chi connectivity index (χ2v) is 5.14. The summed E-state index contributed by atoms with van der Waals surface area (Å²) in [5.74, 6) is -0.431. The molecule has 0 radical (unpaired) electrons. The molecular formula is C14H16Cl2FN3. The van der Waals surface area contributed by atoms with Crippen LogP contribution in [0.3, 0.4) is 0 Å². The zero-order valence-electron chi connectivity index (χ0n) is 11.3. The first kappa shape index (κ1) is 15.3. The van der Waals surface area contributed by atoms with Crippen LogP contribution in [0.5, 0.6) is 0 Å². The van der Waals surface area contributed by atoms with Crippen molar-refractivity contribution in [2.45, 2.75) is 26.4 Å². The van der Waals surface area contributed by atoms with E-state index in [9.17, 15) is 4.39 Å². The first-order valence-electron chi connectivity index (χ1n) is 6.48. The third kappa shape index (κ3) is 2.82. The molecule has 6 heteroatoms. The van der Waals surface area contributed by atoms with Crippen LogP contribution in [0.4, 0.5) is 4.39 Å². The molecule has 1 N–H and O–H groups in total. The number of aryl methyl sites for hydroxylation is 1. The molecule has 0 aliphatic heterocycles. The lowest BCUT2D eigenvalue weighted by Gasteiger charge is -2.21. The Bertz CT molecular complexity index is 598. The standard InChI is InChI=1S/C14H16Cl2FN3/c1-3-18-13(9-6-5-7-10(15)12(9)17)14-11(16)8-19-20(14)4-2/h5-8,13,18H,3-4H2,1-2H3. The van der Waals surface area contributed by atoms with E-state index in [0.717, 1.165) is 5.69 Å². The topological polar surface area (TPSA) is 29.9 Å². The van der Waals surface area contributed by atoms with Gasteiger partial charge in [0, 0.05) is 12.1 Å². The fraction of sp³-hybridized carbons (Fsp3) is 0.357. The lowest BCUT2D eigenvalue weighted by molar-refractivity contribution is 0.516. The largest absolute Gasteiger partial charge is 0.305 e. The van der Waals surface area contributed by atoms with Gasteiger partial charge in [0.15, 0.2) is 0 Å². The van der Waals surface area contributed by atoms with E-state index in [1.54, 1.807) is 23.0 Å². The van der Waals surface area contributed by atoms with Crippen molar-refractivity contribution in [1.82, 2.24) is 15.1 Å². The highest BCUT2D eigenvalue weighted by atomic mass is 35.5. The van der Waals surface area contributed by atoms with Crippen LogP contribution in [0, 0.1) is 5.82 Å². The van der Waals surface area contributed by atoms with E-state index in [4.69, 9.17) is 23.2 Å². The molecule has 108 valence electrons. The van der Waals surface area contributed by atoms with Gasteiger partial charge in [0.05, 0.1) is 28.0 Å². The smallest absolute Gasteiger partial charge is 0.146 e. The van der Waals surface area contributed by atoms with E-state index in [2.05, 4.69) is 10.4 Å². The molecule has 0 aliphatic carbocycles. The van der Waals surface area contributed by atoms with Crippen molar-refractivity contribution in [3.05, 3.63) is 51.5 Å². The van der Waals surface area contributed by atoms with Gasteiger partial charge in [0.2, 0.25) is 0 Å². The fourth-order valence-electron chi connectivity index (χ4n) is 2.21. The minimum absolute atomic E-state index is 0.101. The molecule has 0 saturated carbocycles. The predicted octanol–water partition coefficient (Wildman–Crippen LogP) is 4.05. The summed E-state index contributed by atoms with van der Waals surface area (Å²) in [7, 11) is 0. The molecular weight excluding hydrogens is 300 g/mol. The summed E-state index contributed by atoms with van der Waals surface area (Å²) in [5, 5.41) is 8.06. The molecule has 3 nitrogen and oxygen atoms in total. The summed E-state index contributed by atoms with van der Waals surface area (Å²) >= 11 is 12.1. The molecule has 1 aromatic carbocycles. The Morgan fingerprint density at radius 1 is 1.30 bits per heavy atom. The van der Waals surface area contributed by atoms with Crippen LogP contribution < -0.4 is 5.32 Å². The van der Waals surface area contributed by atoms with Crippen molar-refractivity contribution in [2.24, 2.45) is 0 Å². The minimum Gasteiger partial charge on any atom is -0.305 e. The van der Waals surface area contributed by atoms with Crippen molar-refractivity contribution in [3.8, 4) is 0 Å². The highest BCUT2D eigenvalue weighted by molar-refractivity contribution is 6.31. The average Bonchev–Trinajstić information content (AvgIpc) is 2.81. The Balaban J connectivity index is 2.56. The average molecular weight is 316 g/mol. The van der Waals surface area contributed by atoms with Crippen LogP contribution in [0.25, 0.3) is 0 Å². The van der Waals surface area contributed by atoms with Gasteiger partial charge in [-0.3, -0.25) is 4.68 Å². The Morgan fingerprint density at radius 3 is 2.70 bits per heavy atom. The molecule has 2 rings (SSSR count). The first-order valence-corrected chi connectivity index (χ1v) is 7.24. The monoisotopic (exact) mass is 315 g/mol. The molecule has 0 saturated heterocycles. The lowest BCUT2D eigenvalue weighted by atomic mass is 10.0. The van der Waals surface area contributed by atoms with E-state index < -0.39 is 5.82 Å². The third-order valence-corrected chi connectivity index (χ3v) is 3.69. The molecule has 1 heterocycles. The maximum absolute atomic E-state index is 14.3. The van der Waals surface area contributed by atoms with Crippen LogP contribution in [0.1, 0.15) is 31.1 Å². The van der Waals surface area contributed by atoms with Gasteiger partial charge < -0.3 is 5.32 Å². The summed E-state index contributed by atoms with van der Waals surface area (Å²) < 4.78 is 16.0. The molecule has 1 atom stereocenters. The molecule has 2 aromatic rings. The van der Waals surface area contributed by atoms with Gasteiger partial charge >= 0.3 is 0 Å². The molecule has 1 aromatic heterocycles. The van der Waals surface area contributed by atoms with Crippen LogP contribution in [0.2, 0.25) is 10.0 Å². The van der Waals surface area contributed by atoms with Gasteiger partial charge in [-0.25, -0.2) is 4.39 Å². The fourth-order valence-corrected chi connectivity index (χ4v) is 2.64. The number of nitrogens with one attached hydrogen (secondary N) is 1. The highest BCUT2D eigenvalue weighted by Gasteiger charge is 2.24. The van der Waals surface area contributed by atoms with E-state index >= 15 is 0 Å². The molecule has 0 spiro atoms. The van der Waals surface area contributed by atoms with Crippen molar-refractivity contribution >= 4 is 23.2 Å². The molecule has 0 aliphatic rings. The van der Waals surface area contributed by atoms with Crippen LogP contribution in [-0.2, 0) is 6.54 Å². The first-order chi connectivity index (χ1) is 9.60. The number of hydrogen-bond acceptors (Lipinski definition) is 2. The van der Waals surface area contributed by atoms with Crippen LogP contribution in [-0.4, -0.2) is 16.3 Å². The van der Waals surface area contributed by atoms with Crippen molar-refractivity contribution in [1.29, 1.82) is 0 Å². The Kier molecular flexibility index (Phi) is 5.02. The Labute approximate surface area is 127 Å². The van der Waals surface area contributed by atoms with Crippen molar-refractivity contribution < 1.29 is 4.39 Å². The molecule has 1 unspecified atom stereocenters. The van der Waals surface area contributed by atoms with Gasteiger partial charge in [-0.15, -0.1) is 0 Å². The second kappa shape index (κ2) is 6.57.